The summed E-state index contributed by atoms with van der Waals surface area (Å²) >= 11 is 0. The second kappa shape index (κ2) is 8.92. The Kier molecular flexibility index (Phi) is 5.83. The number of amides is 1. The number of carbonyl (C=O) groups excluding carboxylic acids is 1. The lowest BCUT2D eigenvalue weighted by atomic mass is 9.93. The number of benzene rings is 1. The number of morpholine rings is 1. The van der Waals surface area contributed by atoms with E-state index in [-0.39, 0.29) is 17.8 Å². The fourth-order valence-corrected chi connectivity index (χ4v) is 6.63. The number of carbonyl (C=O) groups is 1. The summed E-state index contributed by atoms with van der Waals surface area (Å²) in [6.07, 6.45) is 4.95. The molecule has 2 aromatic rings. The molecule has 4 aliphatic rings. The number of nitrogens with zero attached hydrogens (tertiary/aromatic N) is 4. The fourth-order valence-electron chi connectivity index (χ4n) is 5.53. The molecule has 4 heterocycles. The lowest BCUT2D eigenvalue weighted by Crippen LogP contribution is -2.47. The Hall–Kier alpha value is -2.85. The Morgan fingerprint density at radius 2 is 1.86 bits per heavy atom. The molecule has 0 radical (unpaired) electrons. The third kappa shape index (κ3) is 4.52. The third-order valence-electron chi connectivity index (χ3n) is 8.06. The number of sulfonamides is 1. The van der Waals surface area contributed by atoms with Gasteiger partial charge in [0.15, 0.2) is 0 Å². The molecule has 3 aliphatic heterocycles. The Bertz CT molecular complexity index is 1270. The van der Waals surface area contributed by atoms with E-state index in [0.717, 1.165) is 50.5 Å². The molecule has 1 aromatic carbocycles. The standard InChI is InChI=1S/C26H33N5O4S/c1-19-18-30(13-15-35-19)24-4-2-3-23(27-24)28-25(32)21-6-5-20(31-14-16-36(31,33)34)17-22(21)29-11-9-26(7-8-26)10-12-29/h2-6,17,19H,7-16,18H2,1H3,(H,27,28,32)/t19-/m1/s1. The van der Waals surface area contributed by atoms with E-state index in [4.69, 9.17) is 9.72 Å². The number of rotatable bonds is 5. The van der Waals surface area contributed by atoms with Crippen LogP contribution in [-0.4, -0.2) is 70.5 Å². The number of ether oxygens (including phenoxy) is 1. The van der Waals surface area contributed by atoms with E-state index < -0.39 is 10.0 Å². The molecular formula is C26H33N5O4S. The first-order chi connectivity index (χ1) is 17.3. The topological polar surface area (TPSA) is 95.1 Å². The average Bonchev–Trinajstić information content (AvgIpc) is 3.62. The number of nitrogens with one attached hydrogen (secondary N) is 1. The normalized spacial score (nSPS) is 24.4. The van der Waals surface area contributed by atoms with E-state index in [0.29, 0.717) is 35.6 Å². The van der Waals surface area contributed by atoms with Gasteiger partial charge in [0.25, 0.3) is 5.91 Å². The molecule has 1 spiro atoms. The van der Waals surface area contributed by atoms with E-state index in [9.17, 15) is 13.2 Å². The molecule has 1 saturated carbocycles. The van der Waals surface area contributed by atoms with Crippen LogP contribution in [0.3, 0.4) is 0 Å². The number of hydrogen-bond donors (Lipinski definition) is 1. The van der Waals surface area contributed by atoms with Crippen LogP contribution in [0.15, 0.2) is 36.4 Å². The summed E-state index contributed by atoms with van der Waals surface area (Å²) in [4.78, 5) is 22.6. The molecule has 6 rings (SSSR count). The van der Waals surface area contributed by atoms with Gasteiger partial charge in [-0.3, -0.25) is 9.10 Å². The van der Waals surface area contributed by atoms with Crippen LogP contribution in [0.1, 0.15) is 43.0 Å². The molecule has 192 valence electrons. The molecule has 1 atom stereocenters. The Morgan fingerprint density at radius 3 is 2.53 bits per heavy atom. The molecule has 10 heteroatoms. The zero-order valence-electron chi connectivity index (χ0n) is 20.6. The highest BCUT2D eigenvalue weighted by Crippen LogP contribution is 2.54. The molecule has 3 saturated heterocycles. The number of anilines is 4. The summed E-state index contributed by atoms with van der Waals surface area (Å²) in [6, 6.07) is 11.0. The predicted molar refractivity (Wildman–Crippen MR) is 141 cm³/mol. The Morgan fingerprint density at radius 1 is 1.06 bits per heavy atom. The van der Waals surface area contributed by atoms with Crippen LogP contribution in [0, 0.1) is 5.41 Å². The number of pyridine rings is 1. The van der Waals surface area contributed by atoms with Crippen molar-refractivity contribution in [3.8, 4) is 0 Å². The smallest absolute Gasteiger partial charge is 0.258 e. The van der Waals surface area contributed by atoms with E-state index in [1.165, 1.54) is 17.1 Å². The number of aromatic nitrogens is 1. The SMILES string of the molecule is C[C@@H]1CN(c2cccc(NC(=O)c3ccc(N4CCS4(=O)=O)cc3N3CCC4(CC3)CC4)n2)CCO1. The van der Waals surface area contributed by atoms with Gasteiger partial charge in [-0.05, 0) is 68.4 Å². The van der Waals surface area contributed by atoms with Gasteiger partial charge in [-0.2, -0.15) is 0 Å². The zero-order valence-corrected chi connectivity index (χ0v) is 21.5. The molecule has 36 heavy (non-hydrogen) atoms. The van der Waals surface area contributed by atoms with E-state index in [1.54, 1.807) is 18.2 Å². The van der Waals surface area contributed by atoms with Crippen molar-refractivity contribution in [3.05, 3.63) is 42.0 Å². The first-order valence-electron chi connectivity index (χ1n) is 12.9. The van der Waals surface area contributed by atoms with Gasteiger partial charge in [0, 0.05) is 32.7 Å². The third-order valence-corrected chi connectivity index (χ3v) is 9.83. The summed E-state index contributed by atoms with van der Waals surface area (Å²) in [5.41, 5.74) is 2.45. The van der Waals surface area contributed by atoms with Gasteiger partial charge in [0.1, 0.15) is 11.6 Å². The second-order valence-electron chi connectivity index (χ2n) is 10.5. The van der Waals surface area contributed by atoms with Crippen molar-refractivity contribution in [3.63, 3.8) is 0 Å². The van der Waals surface area contributed by atoms with Crippen LogP contribution in [0.4, 0.5) is 23.0 Å². The Balaban J connectivity index is 1.26. The van der Waals surface area contributed by atoms with Gasteiger partial charge in [0.2, 0.25) is 10.0 Å². The van der Waals surface area contributed by atoms with Crippen LogP contribution < -0.4 is 19.4 Å². The van der Waals surface area contributed by atoms with Gasteiger partial charge in [0.05, 0.1) is 35.4 Å². The number of piperidine rings is 1. The first kappa shape index (κ1) is 23.5. The average molecular weight is 512 g/mol. The predicted octanol–water partition coefficient (Wildman–Crippen LogP) is 3.09. The van der Waals surface area contributed by atoms with Crippen LogP contribution in [0.5, 0.6) is 0 Å². The quantitative estimate of drug-likeness (QED) is 0.659. The van der Waals surface area contributed by atoms with Crippen LogP contribution in [0.25, 0.3) is 0 Å². The summed E-state index contributed by atoms with van der Waals surface area (Å²) in [5, 5.41) is 2.98. The van der Waals surface area contributed by atoms with E-state index >= 15 is 0 Å². The maximum Gasteiger partial charge on any atom is 0.258 e. The highest BCUT2D eigenvalue weighted by Gasteiger charge is 2.45. The lowest BCUT2D eigenvalue weighted by Gasteiger charge is -2.37. The maximum absolute atomic E-state index is 13.5. The fraction of sp³-hybridized carbons (Fsp3) is 0.538. The van der Waals surface area contributed by atoms with Gasteiger partial charge >= 0.3 is 0 Å². The molecule has 0 bridgehead atoms. The van der Waals surface area contributed by atoms with Crippen molar-refractivity contribution in [2.45, 2.75) is 38.7 Å². The highest BCUT2D eigenvalue weighted by molar-refractivity contribution is 7.94. The van der Waals surface area contributed by atoms with Gasteiger partial charge in [-0.1, -0.05) is 6.07 Å². The molecular weight excluding hydrogens is 478 g/mol. The summed E-state index contributed by atoms with van der Waals surface area (Å²) in [5.74, 6) is 1.23. The summed E-state index contributed by atoms with van der Waals surface area (Å²) < 4.78 is 31.6. The van der Waals surface area contributed by atoms with Gasteiger partial charge < -0.3 is 19.9 Å². The zero-order chi connectivity index (χ0) is 24.9. The summed E-state index contributed by atoms with van der Waals surface area (Å²) in [7, 11) is -3.24. The minimum Gasteiger partial charge on any atom is -0.375 e. The minimum absolute atomic E-state index is 0.134. The first-order valence-corrected chi connectivity index (χ1v) is 14.5. The monoisotopic (exact) mass is 511 g/mol. The van der Waals surface area contributed by atoms with Crippen molar-refractivity contribution in [1.82, 2.24) is 4.98 Å². The lowest BCUT2D eigenvalue weighted by molar-refractivity contribution is 0.0529. The van der Waals surface area contributed by atoms with Crippen molar-refractivity contribution < 1.29 is 17.9 Å². The molecule has 1 amide bonds. The van der Waals surface area contributed by atoms with E-state index in [1.807, 2.05) is 25.1 Å². The van der Waals surface area contributed by atoms with Crippen LogP contribution in [-0.2, 0) is 14.8 Å². The minimum atomic E-state index is -3.24. The second-order valence-corrected chi connectivity index (χ2v) is 12.6. The van der Waals surface area contributed by atoms with Gasteiger partial charge in [-0.25, -0.2) is 13.4 Å². The largest absolute Gasteiger partial charge is 0.375 e. The highest BCUT2D eigenvalue weighted by atomic mass is 32.2. The maximum atomic E-state index is 13.5. The van der Waals surface area contributed by atoms with E-state index in [2.05, 4.69) is 15.1 Å². The van der Waals surface area contributed by atoms with Crippen molar-refractivity contribution in [2.75, 3.05) is 64.5 Å². The Labute approximate surface area is 212 Å². The van der Waals surface area contributed by atoms with Crippen LogP contribution in [0.2, 0.25) is 0 Å². The van der Waals surface area contributed by atoms with Crippen molar-refractivity contribution >= 4 is 38.9 Å². The van der Waals surface area contributed by atoms with Gasteiger partial charge in [-0.15, -0.1) is 0 Å². The van der Waals surface area contributed by atoms with Crippen molar-refractivity contribution in [1.29, 1.82) is 0 Å². The number of hydrogen-bond acceptors (Lipinski definition) is 7. The van der Waals surface area contributed by atoms with Crippen molar-refractivity contribution in [2.24, 2.45) is 5.41 Å². The molecule has 1 aliphatic carbocycles. The summed E-state index contributed by atoms with van der Waals surface area (Å²) in [6.45, 7) is 6.44. The van der Waals surface area contributed by atoms with Crippen LogP contribution >= 0.6 is 0 Å². The molecule has 9 nitrogen and oxygen atoms in total. The molecule has 0 unspecified atom stereocenters. The molecule has 4 fully saturated rings. The molecule has 1 N–H and O–H groups in total. The molecule has 1 aromatic heterocycles.